The highest BCUT2D eigenvalue weighted by Gasteiger charge is 2.33. The van der Waals surface area contributed by atoms with Crippen molar-refractivity contribution >= 4 is 11.7 Å². The monoisotopic (exact) mass is 342 g/mol. The number of halogens is 4. The van der Waals surface area contributed by atoms with Gasteiger partial charge in [0.05, 0.1) is 12.2 Å². The van der Waals surface area contributed by atoms with Crippen molar-refractivity contribution in [2.24, 2.45) is 0 Å². The standard InChI is InChI=1S/C15H14F4N4O/c16-10-5-7-22(9-10)14(24)20-11-1-3-12(4-2-11)23-8-6-13(21-23)15(17,18)19/h1-4,6,8,10H,5,7,9H2,(H,20,24)/t10-/m0/s1. The van der Waals surface area contributed by atoms with E-state index in [-0.39, 0.29) is 6.54 Å². The lowest BCUT2D eigenvalue weighted by molar-refractivity contribution is -0.141. The average molecular weight is 342 g/mol. The van der Waals surface area contributed by atoms with Crippen LogP contribution >= 0.6 is 0 Å². The lowest BCUT2D eigenvalue weighted by atomic mass is 10.3. The third kappa shape index (κ3) is 3.50. The summed E-state index contributed by atoms with van der Waals surface area (Å²) in [6.07, 6.45) is -3.96. The Kier molecular flexibility index (Phi) is 4.16. The highest BCUT2D eigenvalue weighted by atomic mass is 19.4. The molecule has 128 valence electrons. The smallest absolute Gasteiger partial charge is 0.322 e. The number of alkyl halides is 4. The molecule has 2 heterocycles. The highest BCUT2D eigenvalue weighted by molar-refractivity contribution is 5.89. The van der Waals surface area contributed by atoms with E-state index in [1.54, 1.807) is 12.1 Å². The average Bonchev–Trinajstić information content (AvgIpc) is 3.16. The molecule has 9 heteroatoms. The molecule has 0 radical (unpaired) electrons. The molecule has 1 aromatic carbocycles. The van der Waals surface area contributed by atoms with Gasteiger partial charge in [-0.15, -0.1) is 0 Å². The third-order valence-corrected chi connectivity index (χ3v) is 3.68. The molecule has 1 aliphatic rings. The van der Waals surface area contributed by atoms with Crippen molar-refractivity contribution in [3.63, 3.8) is 0 Å². The molecule has 1 atom stereocenters. The number of hydrogen-bond acceptors (Lipinski definition) is 2. The molecule has 1 aromatic heterocycles. The van der Waals surface area contributed by atoms with E-state index in [0.29, 0.717) is 24.3 Å². The van der Waals surface area contributed by atoms with Crippen LogP contribution in [0, 0.1) is 0 Å². The molecule has 0 unspecified atom stereocenters. The van der Waals surface area contributed by atoms with Crippen molar-refractivity contribution in [1.29, 1.82) is 0 Å². The van der Waals surface area contributed by atoms with Crippen LogP contribution in [0.4, 0.5) is 28.0 Å². The van der Waals surface area contributed by atoms with Crippen molar-refractivity contribution in [1.82, 2.24) is 14.7 Å². The molecule has 3 rings (SSSR count). The highest BCUT2D eigenvalue weighted by Crippen LogP contribution is 2.28. The van der Waals surface area contributed by atoms with E-state index >= 15 is 0 Å². The summed E-state index contributed by atoms with van der Waals surface area (Å²) in [5.74, 6) is 0. The Morgan fingerprint density at radius 3 is 2.46 bits per heavy atom. The van der Waals surface area contributed by atoms with E-state index in [4.69, 9.17) is 0 Å². The molecule has 0 spiro atoms. The van der Waals surface area contributed by atoms with Crippen LogP contribution in [0.1, 0.15) is 12.1 Å². The number of nitrogens with zero attached hydrogens (tertiary/aromatic N) is 3. The van der Waals surface area contributed by atoms with Crippen molar-refractivity contribution in [3.8, 4) is 5.69 Å². The number of rotatable bonds is 2. The maximum absolute atomic E-state index is 13.1. The van der Waals surface area contributed by atoms with Gasteiger partial charge in [-0.1, -0.05) is 0 Å². The first-order chi connectivity index (χ1) is 11.3. The summed E-state index contributed by atoms with van der Waals surface area (Å²) in [5.41, 5.74) is -0.0857. The van der Waals surface area contributed by atoms with Crippen molar-refractivity contribution in [2.45, 2.75) is 18.8 Å². The van der Waals surface area contributed by atoms with Crippen LogP contribution in [0.3, 0.4) is 0 Å². The van der Waals surface area contributed by atoms with E-state index in [1.807, 2.05) is 0 Å². The summed E-state index contributed by atoms with van der Waals surface area (Å²) in [6.45, 7) is 0.427. The van der Waals surface area contributed by atoms with Crippen LogP contribution in [0.2, 0.25) is 0 Å². The first-order valence-electron chi connectivity index (χ1n) is 7.26. The quantitative estimate of drug-likeness (QED) is 0.850. The van der Waals surface area contributed by atoms with Gasteiger partial charge in [0.15, 0.2) is 5.69 Å². The molecule has 0 bridgehead atoms. The molecular weight excluding hydrogens is 328 g/mol. The number of benzene rings is 1. The molecule has 2 aromatic rings. The molecule has 1 fully saturated rings. The van der Waals surface area contributed by atoms with Crippen LogP contribution < -0.4 is 5.32 Å². The number of likely N-dealkylation sites (tertiary alicyclic amines) is 1. The van der Waals surface area contributed by atoms with Crippen LogP contribution in [0.5, 0.6) is 0 Å². The van der Waals surface area contributed by atoms with Crippen LogP contribution in [-0.4, -0.2) is 40.0 Å². The van der Waals surface area contributed by atoms with Crippen LogP contribution in [0.25, 0.3) is 5.69 Å². The third-order valence-electron chi connectivity index (χ3n) is 3.68. The minimum atomic E-state index is -4.50. The minimum absolute atomic E-state index is 0.0669. The fourth-order valence-electron chi connectivity index (χ4n) is 2.42. The van der Waals surface area contributed by atoms with Gasteiger partial charge >= 0.3 is 12.2 Å². The Morgan fingerprint density at radius 1 is 1.21 bits per heavy atom. The Bertz CT molecular complexity index is 726. The zero-order valence-corrected chi connectivity index (χ0v) is 12.4. The zero-order valence-electron chi connectivity index (χ0n) is 12.4. The van der Waals surface area contributed by atoms with E-state index < -0.39 is 24.1 Å². The van der Waals surface area contributed by atoms with E-state index in [2.05, 4.69) is 10.4 Å². The van der Waals surface area contributed by atoms with E-state index in [9.17, 15) is 22.4 Å². The van der Waals surface area contributed by atoms with Gasteiger partial charge in [0.1, 0.15) is 6.17 Å². The van der Waals surface area contributed by atoms with Gasteiger partial charge < -0.3 is 10.2 Å². The number of hydrogen-bond donors (Lipinski definition) is 1. The number of anilines is 1. The molecule has 0 saturated carbocycles. The number of aromatic nitrogens is 2. The number of urea groups is 1. The van der Waals surface area contributed by atoms with Crippen molar-refractivity contribution in [2.75, 3.05) is 18.4 Å². The van der Waals surface area contributed by atoms with Gasteiger partial charge in [-0.25, -0.2) is 13.9 Å². The van der Waals surface area contributed by atoms with Crippen LogP contribution in [-0.2, 0) is 6.18 Å². The Hall–Kier alpha value is -2.58. The molecule has 1 saturated heterocycles. The van der Waals surface area contributed by atoms with Gasteiger partial charge in [0.25, 0.3) is 0 Å². The fourth-order valence-corrected chi connectivity index (χ4v) is 2.42. The van der Waals surface area contributed by atoms with Gasteiger partial charge in [0.2, 0.25) is 0 Å². The second-order valence-electron chi connectivity index (χ2n) is 5.45. The minimum Gasteiger partial charge on any atom is -0.322 e. The first kappa shape index (κ1) is 16.3. The fraction of sp³-hybridized carbons (Fsp3) is 0.333. The van der Waals surface area contributed by atoms with Gasteiger partial charge in [-0.3, -0.25) is 0 Å². The lowest BCUT2D eigenvalue weighted by Gasteiger charge is -2.16. The SMILES string of the molecule is O=C(Nc1ccc(-n2ccc(C(F)(F)F)n2)cc1)N1CC[C@H](F)C1. The maximum Gasteiger partial charge on any atom is 0.435 e. The normalized spacial score (nSPS) is 18.0. The summed E-state index contributed by atoms with van der Waals surface area (Å²) in [5, 5.41) is 6.09. The number of carbonyl (C=O) groups excluding carboxylic acids is 1. The molecular formula is C15H14F4N4O. The maximum atomic E-state index is 13.1. The summed E-state index contributed by atoms with van der Waals surface area (Å²) in [6, 6.07) is 6.64. The number of amides is 2. The Labute approximate surface area is 134 Å². The zero-order chi connectivity index (χ0) is 17.3. The summed E-state index contributed by atoms with van der Waals surface area (Å²) < 4.78 is 51.8. The summed E-state index contributed by atoms with van der Waals surface area (Å²) >= 11 is 0. The Morgan fingerprint density at radius 2 is 1.92 bits per heavy atom. The predicted molar refractivity (Wildman–Crippen MR) is 78.7 cm³/mol. The summed E-state index contributed by atoms with van der Waals surface area (Å²) in [7, 11) is 0. The lowest BCUT2D eigenvalue weighted by Crippen LogP contribution is -2.33. The van der Waals surface area contributed by atoms with E-state index in [0.717, 1.165) is 10.7 Å². The van der Waals surface area contributed by atoms with Gasteiger partial charge in [-0.2, -0.15) is 18.3 Å². The molecule has 1 N–H and O–H groups in total. The molecule has 24 heavy (non-hydrogen) atoms. The summed E-state index contributed by atoms with van der Waals surface area (Å²) in [4.78, 5) is 13.3. The second-order valence-corrected chi connectivity index (χ2v) is 5.45. The van der Waals surface area contributed by atoms with Gasteiger partial charge in [0, 0.05) is 18.4 Å². The van der Waals surface area contributed by atoms with Gasteiger partial charge in [-0.05, 0) is 36.8 Å². The Balaban J connectivity index is 1.67. The second kappa shape index (κ2) is 6.14. The number of nitrogens with one attached hydrogen (secondary N) is 1. The molecule has 5 nitrogen and oxygen atoms in total. The molecule has 0 aliphatic carbocycles. The molecule has 2 amide bonds. The van der Waals surface area contributed by atoms with Crippen molar-refractivity contribution in [3.05, 3.63) is 42.2 Å². The largest absolute Gasteiger partial charge is 0.435 e. The van der Waals surface area contributed by atoms with E-state index in [1.165, 1.54) is 23.2 Å². The predicted octanol–water partition coefficient (Wildman–Crippen LogP) is 3.47. The molecule has 1 aliphatic heterocycles. The van der Waals surface area contributed by atoms with Crippen molar-refractivity contribution < 1.29 is 22.4 Å². The number of carbonyl (C=O) groups is 1. The first-order valence-corrected chi connectivity index (χ1v) is 7.26. The topological polar surface area (TPSA) is 50.2 Å². The van der Waals surface area contributed by atoms with Crippen LogP contribution in [0.15, 0.2) is 36.5 Å².